The number of aliphatic hydroxyl groups excluding tert-OH is 1. The lowest BCUT2D eigenvalue weighted by Gasteiger charge is -2.22. The highest BCUT2D eigenvalue weighted by Crippen LogP contribution is 2.27. The maximum atomic E-state index is 12.2. The number of amides is 3. The molecule has 0 bridgehead atoms. The molecule has 8 nitrogen and oxygen atoms in total. The van der Waals surface area contributed by atoms with E-state index in [4.69, 9.17) is 9.84 Å². The van der Waals surface area contributed by atoms with Crippen LogP contribution in [0.4, 0.5) is 10.5 Å². The number of nitrogens with zero attached hydrogens (tertiary/aromatic N) is 2. The minimum Gasteiger partial charge on any atom is -0.447 e. The predicted molar refractivity (Wildman–Crippen MR) is 93.8 cm³/mol. The lowest BCUT2D eigenvalue weighted by atomic mass is 10.0. The molecule has 1 atom stereocenters. The van der Waals surface area contributed by atoms with Crippen LogP contribution in [0.25, 0.3) is 0 Å². The van der Waals surface area contributed by atoms with Gasteiger partial charge in [0.2, 0.25) is 11.8 Å². The summed E-state index contributed by atoms with van der Waals surface area (Å²) < 4.78 is 5.15. The Morgan fingerprint density at radius 1 is 1.27 bits per heavy atom. The van der Waals surface area contributed by atoms with Crippen LogP contribution < -0.4 is 10.2 Å². The zero-order valence-corrected chi connectivity index (χ0v) is 14.7. The standard InChI is InChI=1S/C18H23N3O5/c1-12(23)19-9-16-11-26-18(25)21(16)15-3-2-13-4-6-20(17(24)10-22)7-5-14(13)8-15/h2-3,8,16,22H,4-7,9-11H2,1H3,(H,19,23). The molecule has 1 unspecified atom stereocenters. The lowest BCUT2D eigenvalue weighted by Crippen LogP contribution is -2.42. The van der Waals surface area contributed by atoms with Gasteiger partial charge in [-0.3, -0.25) is 14.5 Å². The number of fused-ring (bicyclic) bond motifs is 1. The second-order valence-electron chi connectivity index (χ2n) is 6.53. The summed E-state index contributed by atoms with van der Waals surface area (Å²) in [4.78, 5) is 38.3. The monoisotopic (exact) mass is 361 g/mol. The molecule has 3 rings (SSSR count). The van der Waals surface area contributed by atoms with E-state index in [0.29, 0.717) is 32.5 Å². The van der Waals surface area contributed by atoms with E-state index in [9.17, 15) is 14.4 Å². The highest BCUT2D eigenvalue weighted by molar-refractivity contribution is 5.90. The Labute approximate surface area is 151 Å². The quantitative estimate of drug-likeness (QED) is 0.791. The number of carbonyl (C=O) groups excluding carboxylic acids is 3. The number of hydrogen-bond acceptors (Lipinski definition) is 5. The van der Waals surface area contributed by atoms with E-state index in [2.05, 4.69) is 5.32 Å². The van der Waals surface area contributed by atoms with Crippen LogP contribution in [0.2, 0.25) is 0 Å². The number of benzene rings is 1. The Kier molecular flexibility index (Phi) is 5.41. The van der Waals surface area contributed by atoms with Crippen molar-refractivity contribution in [3.05, 3.63) is 29.3 Å². The fraction of sp³-hybridized carbons (Fsp3) is 0.500. The van der Waals surface area contributed by atoms with Gasteiger partial charge in [-0.1, -0.05) is 6.07 Å². The number of rotatable bonds is 4. The third kappa shape index (κ3) is 3.80. The number of anilines is 1. The van der Waals surface area contributed by atoms with Gasteiger partial charge in [-0.15, -0.1) is 0 Å². The Hall–Kier alpha value is -2.61. The van der Waals surface area contributed by atoms with Crippen LogP contribution in [0.15, 0.2) is 18.2 Å². The zero-order valence-electron chi connectivity index (χ0n) is 14.7. The van der Waals surface area contributed by atoms with Crippen LogP contribution in [-0.4, -0.2) is 66.8 Å². The van der Waals surface area contributed by atoms with Crippen LogP contribution in [0, 0.1) is 0 Å². The molecule has 1 aromatic carbocycles. The third-order valence-electron chi connectivity index (χ3n) is 4.81. The van der Waals surface area contributed by atoms with Gasteiger partial charge in [0.1, 0.15) is 13.2 Å². The number of hydrogen-bond donors (Lipinski definition) is 2. The van der Waals surface area contributed by atoms with Crippen molar-refractivity contribution >= 4 is 23.6 Å². The molecule has 8 heteroatoms. The summed E-state index contributed by atoms with van der Waals surface area (Å²) in [5, 5.41) is 11.8. The van der Waals surface area contributed by atoms with Crippen molar-refractivity contribution in [3.8, 4) is 0 Å². The molecule has 1 fully saturated rings. The fourth-order valence-corrected chi connectivity index (χ4v) is 3.40. The van der Waals surface area contributed by atoms with Crippen molar-refractivity contribution in [2.75, 3.05) is 37.7 Å². The zero-order chi connectivity index (χ0) is 18.7. The second-order valence-corrected chi connectivity index (χ2v) is 6.53. The molecule has 0 radical (unpaired) electrons. The molecule has 140 valence electrons. The van der Waals surface area contributed by atoms with Crippen molar-refractivity contribution in [1.82, 2.24) is 10.2 Å². The van der Waals surface area contributed by atoms with Gasteiger partial charge >= 0.3 is 6.09 Å². The number of ether oxygens (including phenoxy) is 1. The molecular formula is C18H23N3O5. The normalized spacial score (nSPS) is 19.6. The Balaban J connectivity index is 1.78. The van der Waals surface area contributed by atoms with E-state index in [1.54, 1.807) is 9.80 Å². The molecule has 0 spiro atoms. The van der Waals surface area contributed by atoms with Gasteiger partial charge in [-0.2, -0.15) is 0 Å². The fourth-order valence-electron chi connectivity index (χ4n) is 3.40. The van der Waals surface area contributed by atoms with E-state index in [0.717, 1.165) is 16.8 Å². The van der Waals surface area contributed by atoms with Crippen molar-refractivity contribution in [1.29, 1.82) is 0 Å². The first kappa shape index (κ1) is 18.2. The number of nitrogens with one attached hydrogen (secondary N) is 1. The average Bonchev–Trinajstić information content (AvgIpc) is 2.86. The van der Waals surface area contributed by atoms with Crippen LogP contribution in [0.5, 0.6) is 0 Å². The van der Waals surface area contributed by atoms with Crippen molar-refractivity contribution in [2.24, 2.45) is 0 Å². The Morgan fingerprint density at radius 2 is 2.00 bits per heavy atom. The molecule has 2 heterocycles. The van der Waals surface area contributed by atoms with E-state index in [-0.39, 0.29) is 24.5 Å². The average molecular weight is 361 g/mol. The van der Waals surface area contributed by atoms with Gasteiger partial charge in [-0.05, 0) is 36.1 Å². The van der Waals surface area contributed by atoms with Gasteiger partial charge < -0.3 is 20.1 Å². The topological polar surface area (TPSA) is 99.2 Å². The van der Waals surface area contributed by atoms with Gasteiger partial charge in [0.15, 0.2) is 0 Å². The summed E-state index contributed by atoms with van der Waals surface area (Å²) in [6.45, 7) is 2.63. The van der Waals surface area contributed by atoms with Crippen molar-refractivity contribution < 1.29 is 24.2 Å². The number of aliphatic hydroxyl groups is 1. The van der Waals surface area contributed by atoms with E-state index >= 15 is 0 Å². The summed E-state index contributed by atoms with van der Waals surface area (Å²) in [5.41, 5.74) is 2.94. The first-order chi connectivity index (χ1) is 12.5. The van der Waals surface area contributed by atoms with Crippen molar-refractivity contribution in [2.45, 2.75) is 25.8 Å². The lowest BCUT2D eigenvalue weighted by molar-refractivity contribution is -0.134. The summed E-state index contributed by atoms with van der Waals surface area (Å²) in [7, 11) is 0. The molecule has 1 saturated heterocycles. The minimum atomic E-state index is -0.480. The summed E-state index contributed by atoms with van der Waals surface area (Å²) in [5.74, 6) is -0.420. The van der Waals surface area contributed by atoms with E-state index < -0.39 is 12.7 Å². The van der Waals surface area contributed by atoms with Gasteiger partial charge in [0, 0.05) is 32.2 Å². The molecule has 2 aliphatic rings. The molecule has 0 saturated carbocycles. The molecule has 1 aromatic rings. The first-order valence-corrected chi connectivity index (χ1v) is 8.70. The SMILES string of the molecule is CC(=O)NCC1COC(=O)N1c1ccc2c(c1)CCN(C(=O)CO)CC2. The number of cyclic esters (lactones) is 1. The summed E-state index contributed by atoms with van der Waals surface area (Å²) in [6.07, 6.45) is 0.945. The summed E-state index contributed by atoms with van der Waals surface area (Å²) in [6, 6.07) is 5.55. The minimum absolute atomic E-state index is 0.153. The molecule has 3 amide bonds. The van der Waals surface area contributed by atoms with Crippen LogP contribution in [0.1, 0.15) is 18.1 Å². The molecule has 0 aromatic heterocycles. The number of carbonyl (C=O) groups is 3. The third-order valence-corrected chi connectivity index (χ3v) is 4.81. The highest BCUT2D eigenvalue weighted by Gasteiger charge is 2.34. The largest absolute Gasteiger partial charge is 0.447 e. The van der Waals surface area contributed by atoms with Crippen LogP contribution in [-0.2, 0) is 27.2 Å². The van der Waals surface area contributed by atoms with Crippen LogP contribution in [0.3, 0.4) is 0 Å². The molecule has 26 heavy (non-hydrogen) atoms. The second kappa shape index (κ2) is 7.74. The van der Waals surface area contributed by atoms with Gasteiger partial charge in [0.05, 0.1) is 6.04 Å². The predicted octanol–water partition coefficient (Wildman–Crippen LogP) is 0.0674. The molecular weight excluding hydrogens is 338 g/mol. The van der Waals surface area contributed by atoms with E-state index in [1.165, 1.54) is 6.92 Å². The molecule has 0 aliphatic carbocycles. The van der Waals surface area contributed by atoms with Crippen molar-refractivity contribution in [3.63, 3.8) is 0 Å². The van der Waals surface area contributed by atoms with E-state index in [1.807, 2.05) is 18.2 Å². The maximum absolute atomic E-state index is 12.2. The Bertz CT molecular complexity index is 721. The maximum Gasteiger partial charge on any atom is 0.414 e. The smallest absolute Gasteiger partial charge is 0.414 e. The Morgan fingerprint density at radius 3 is 2.69 bits per heavy atom. The van der Waals surface area contributed by atoms with Crippen LogP contribution >= 0.6 is 0 Å². The van der Waals surface area contributed by atoms with Gasteiger partial charge in [0.25, 0.3) is 0 Å². The first-order valence-electron chi connectivity index (χ1n) is 8.70. The highest BCUT2D eigenvalue weighted by atomic mass is 16.6. The molecule has 2 N–H and O–H groups in total. The molecule has 2 aliphatic heterocycles. The summed E-state index contributed by atoms with van der Waals surface area (Å²) >= 11 is 0. The van der Waals surface area contributed by atoms with Gasteiger partial charge in [-0.25, -0.2) is 4.79 Å².